The van der Waals surface area contributed by atoms with Crippen LogP contribution in [0.3, 0.4) is 0 Å². The zero-order valence-electron chi connectivity index (χ0n) is 10.7. The number of benzene rings is 4. The number of hydrogen-bond acceptors (Lipinski definition) is 2. The van der Waals surface area contributed by atoms with Gasteiger partial charge >= 0.3 is 0 Å². The molecule has 0 bridgehead atoms. The van der Waals surface area contributed by atoms with E-state index in [-0.39, 0.29) is 0 Å². The van der Waals surface area contributed by atoms with Gasteiger partial charge in [0.25, 0.3) is 0 Å². The summed E-state index contributed by atoms with van der Waals surface area (Å²) in [6.07, 6.45) is 0. The SMILES string of the molecule is Sc1ccc2cc3cc4ccc(S)cc4cc3cc2c1. The van der Waals surface area contributed by atoms with Crippen LogP contribution in [0.2, 0.25) is 0 Å². The van der Waals surface area contributed by atoms with E-state index in [0.29, 0.717) is 0 Å². The summed E-state index contributed by atoms with van der Waals surface area (Å²) in [6, 6.07) is 21.5. The Morgan fingerprint density at radius 1 is 0.400 bits per heavy atom. The van der Waals surface area contributed by atoms with Crippen LogP contribution in [0.4, 0.5) is 0 Å². The van der Waals surface area contributed by atoms with E-state index in [1.165, 1.54) is 32.3 Å². The van der Waals surface area contributed by atoms with Gasteiger partial charge in [-0.25, -0.2) is 0 Å². The molecule has 4 rings (SSSR count). The first-order valence-corrected chi connectivity index (χ1v) is 7.38. The first-order chi connectivity index (χ1) is 9.69. The number of hydrogen-bond donors (Lipinski definition) is 2. The molecule has 4 aromatic rings. The highest BCUT2D eigenvalue weighted by atomic mass is 32.1. The van der Waals surface area contributed by atoms with Gasteiger partial charge in [-0.1, -0.05) is 12.1 Å². The fraction of sp³-hybridized carbons (Fsp3) is 0. The topological polar surface area (TPSA) is 0 Å². The lowest BCUT2D eigenvalue weighted by atomic mass is 10.00. The van der Waals surface area contributed by atoms with E-state index in [4.69, 9.17) is 0 Å². The maximum absolute atomic E-state index is 4.42. The van der Waals surface area contributed by atoms with Gasteiger partial charge in [0.1, 0.15) is 0 Å². The van der Waals surface area contributed by atoms with Crippen LogP contribution < -0.4 is 0 Å². The average Bonchev–Trinajstić information content (AvgIpc) is 2.43. The molecule has 0 heterocycles. The summed E-state index contributed by atoms with van der Waals surface area (Å²) in [5.41, 5.74) is 0. The van der Waals surface area contributed by atoms with Crippen LogP contribution in [0.1, 0.15) is 0 Å². The second-order valence-electron chi connectivity index (χ2n) is 5.11. The second kappa shape index (κ2) is 4.44. The molecule has 0 nitrogen and oxygen atoms in total. The number of rotatable bonds is 0. The fourth-order valence-corrected chi connectivity index (χ4v) is 3.15. The van der Waals surface area contributed by atoms with Crippen molar-refractivity contribution in [2.75, 3.05) is 0 Å². The molecule has 0 saturated carbocycles. The van der Waals surface area contributed by atoms with E-state index >= 15 is 0 Å². The summed E-state index contributed by atoms with van der Waals surface area (Å²) >= 11 is 8.83. The lowest BCUT2D eigenvalue weighted by molar-refractivity contribution is 1.53. The van der Waals surface area contributed by atoms with Gasteiger partial charge in [-0.3, -0.25) is 0 Å². The van der Waals surface area contributed by atoms with Crippen molar-refractivity contribution in [3.8, 4) is 0 Å². The third-order valence-corrected chi connectivity index (χ3v) is 4.27. The van der Waals surface area contributed by atoms with Crippen molar-refractivity contribution in [1.82, 2.24) is 0 Å². The van der Waals surface area contributed by atoms with Gasteiger partial charge < -0.3 is 0 Å². The minimum absolute atomic E-state index is 0.996. The first-order valence-electron chi connectivity index (χ1n) is 6.48. The Bertz CT molecular complexity index is 894. The van der Waals surface area contributed by atoms with Crippen molar-refractivity contribution in [3.05, 3.63) is 60.7 Å². The summed E-state index contributed by atoms with van der Waals surface area (Å²) in [5, 5.41) is 7.48. The van der Waals surface area contributed by atoms with Crippen LogP contribution in [0.15, 0.2) is 70.5 Å². The Balaban J connectivity index is 2.13. The lowest BCUT2D eigenvalue weighted by Crippen LogP contribution is -1.79. The summed E-state index contributed by atoms with van der Waals surface area (Å²) < 4.78 is 0. The van der Waals surface area contributed by atoms with E-state index in [9.17, 15) is 0 Å². The third kappa shape index (κ3) is 1.96. The molecule has 0 fully saturated rings. The van der Waals surface area contributed by atoms with Crippen molar-refractivity contribution in [2.45, 2.75) is 9.79 Å². The maximum Gasteiger partial charge on any atom is 0.00463 e. The van der Waals surface area contributed by atoms with Gasteiger partial charge in [0.05, 0.1) is 0 Å². The van der Waals surface area contributed by atoms with Crippen molar-refractivity contribution in [2.24, 2.45) is 0 Å². The molecule has 0 unspecified atom stereocenters. The molecule has 0 amide bonds. The lowest BCUT2D eigenvalue weighted by Gasteiger charge is -2.06. The number of thiol groups is 2. The molecular formula is C18H12S2. The molecular weight excluding hydrogens is 280 g/mol. The molecule has 0 aliphatic carbocycles. The van der Waals surface area contributed by atoms with E-state index in [1.54, 1.807) is 0 Å². The number of fused-ring (bicyclic) bond motifs is 3. The molecule has 0 atom stereocenters. The molecule has 20 heavy (non-hydrogen) atoms. The molecule has 0 radical (unpaired) electrons. The normalized spacial score (nSPS) is 11.5. The Morgan fingerprint density at radius 2 is 0.750 bits per heavy atom. The summed E-state index contributed by atoms with van der Waals surface area (Å²) in [4.78, 5) is 1.99. The highest BCUT2D eigenvalue weighted by Gasteiger charge is 2.02. The van der Waals surface area contributed by atoms with Gasteiger partial charge in [-0.05, 0) is 80.8 Å². The van der Waals surface area contributed by atoms with Crippen molar-refractivity contribution in [1.29, 1.82) is 0 Å². The van der Waals surface area contributed by atoms with E-state index in [1.807, 2.05) is 12.1 Å². The first kappa shape index (κ1) is 12.1. The second-order valence-corrected chi connectivity index (χ2v) is 6.15. The Morgan fingerprint density at radius 3 is 1.20 bits per heavy atom. The monoisotopic (exact) mass is 292 g/mol. The molecule has 2 heteroatoms. The van der Waals surface area contributed by atoms with Gasteiger partial charge in [-0.15, -0.1) is 25.3 Å². The largest absolute Gasteiger partial charge is 0.143 e. The van der Waals surface area contributed by atoms with E-state index in [0.717, 1.165) is 9.79 Å². The van der Waals surface area contributed by atoms with Crippen molar-refractivity contribution in [3.63, 3.8) is 0 Å². The summed E-state index contributed by atoms with van der Waals surface area (Å²) in [5.74, 6) is 0. The molecule has 0 aromatic heterocycles. The van der Waals surface area contributed by atoms with Crippen LogP contribution in [-0.2, 0) is 0 Å². The van der Waals surface area contributed by atoms with Gasteiger partial charge in [0.2, 0.25) is 0 Å². The van der Waals surface area contributed by atoms with Crippen LogP contribution >= 0.6 is 25.3 Å². The Labute approximate surface area is 128 Å². The molecule has 96 valence electrons. The molecule has 0 aliphatic heterocycles. The maximum atomic E-state index is 4.42. The van der Waals surface area contributed by atoms with Crippen LogP contribution in [0.25, 0.3) is 32.3 Å². The van der Waals surface area contributed by atoms with Gasteiger partial charge in [0, 0.05) is 9.79 Å². The Hall–Kier alpha value is -1.64. The summed E-state index contributed by atoms with van der Waals surface area (Å²) in [6.45, 7) is 0. The molecule has 0 spiro atoms. The molecule has 0 N–H and O–H groups in total. The highest BCUT2D eigenvalue weighted by molar-refractivity contribution is 7.80. The van der Waals surface area contributed by atoms with Gasteiger partial charge in [0.15, 0.2) is 0 Å². The van der Waals surface area contributed by atoms with Crippen molar-refractivity contribution >= 4 is 57.6 Å². The third-order valence-electron chi connectivity index (χ3n) is 3.72. The standard InChI is InChI=1S/C18H12S2/c19-17-3-1-11-5-13-6-12-2-4-18(20)10-16(12)8-14(13)7-15(11)9-17/h1-10,19-20H. The zero-order chi connectivity index (χ0) is 13.7. The quantitative estimate of drug-likeness (QED) is 0.300. The van der Waals surface area contributed by atoms with Crippen LogP contribution in [0.5, 0.6) is 0 Å². The predicted molar refractivity (Wildman–Crippen MR) is 93.5 cm³/mol. The highest BCUT2D eigenvalue weighted by Crippen LogP contribution is 2.29. The van der Waals surface area contributed by atoms with E-state index < -0.39 is 0 Å². The molecule has 0 aliphatic rings. The zero-order valence-corrected chi connectivity index (χ0v) is 12.5. The van der Waals surface area contributed by atoms with Crippen molar-refractivity contribution < 1.29 is 0 Å². The minimum atomic E-state index is 0.996. The molecule has 0 saturated heterocycles. The molecule has 4 aromatic carbocycles. The van der Waals surface area contributed by atoms with Crippen LogP contribution in [-0.4, -0.2) is 0 Å². The summed E-state index contributed by atoms with van der Waals surface area (Å²) in [7, 11) is 0. The smallest absolute Gasteiger partial charge is 0.00463 e. The Kier molecular flexibility index (Phi) is 2.69. The van der Waals surface area contributed by atoms with Crippen LogP contribution in [0, 0.1) is 0 Å². The minimum Gasteiger partial charge on any atom is -0.143 e. The predicted octanol–water partition coefficient (Wildman–Crippen LogP) is 5.72. The fourth-order valence-electron chi connectivity index (χ4n) is 2.72. The van der Waals surface area contributed by atoms with E-state index in [2.05, 4.69) is 73.8 Å². The average molecular weight is 292 g/mol. The van der Waals surface area contributed by atoms with Gasteiger partial charge in [-0.2, -0.15) is 0 Å².